The van der Waals surface area contributed by atoms with Crippen LogP contribution < -0.4 is 5.56 Å². The second-order valence-electron chi connectivity index (χ2n) is 2.91. The summed E-state index contributed by atoms with van der Waals surface area (Å²) in [7, 11) is 0. The average molecular weight is 200 g/mol. The van der Waals surface area contributed by atoms with Gasteiger partial charge in [0.05, 0.1) is 11.8 Å². The largest absolute Gasteiger partial charge is 0.493 e. The number of nitrogens with zero attached hydrogens (tertiary/aromatic N) is 1. The van der Waals surface area contributed by atoms with Gasteiger partial charge in [0.15, 0.2) is 0 Å². The molecule has 72 valence electrons. The zero-order chi connectivity index (χ0) is 9.84. The van der Waals surface area contributed by atoms with Crippen LogP contribution in [-0.2, 0) is 5.75 Å². The molecule has 0 saturated carbocycles. The van der Waals surface area contributed by atoms with Crippen molar-refractivity contribution in [1.29, 1.82) is 0 Å². The molecule has 1 aromatic rings. The molecule has 13 heavy (non-hydrogen) atoms. The van der Waals surface area contributed by atoms with E-state index >= 15 is 0 Å². The highest BCUT2D eigenvalue weighted by Gasteiger charge is 2.01. The summed E-state index contributed by atoms with van der Waals surface area (Å²) in [4.78, 5) is 17.2. The van der Waals surface area contributed by atoms with Gasteiger partial charge in [-0.25, -0.2) is 0 Å². The molecule has 0 fully saturated rings. The Morgan fingerprint density at radius 2 is 2.38 bits per heavy atom. The van der Waals surface area contributed by atoms with Crippen molar-refractivity contribution in [3.8, 4) is 5.88 Å². The summed E-state index contributed by atoms with van der Waals surface area (Å²) >= 11 is 1.66. The number of aromatic amines is 1. The van der Waals surface area contributed by atoms with Crippen molar-refractivity contribution >= 4 is 11.8 Å². The molecule has 5 heteroatoms. The van der Waals surface area contributed by atoms with Gasteiger partial charge < -0.3 is 10.1 Å². The molecule has 4 nitrogen and oxygen atoms in total. The molecule has 0 saturated heterocycles. The number of aromatic nitrogens is 2. The van der Waals surface area contributed by atoms with Gasteiger partial charge in [-0.3, -0.25) is 4.79 Å². The molecule has 0 aliphatic rings. The minimum absolute atomic E-state index is 0.219. The fourth-order valence-electron chi connectivity index (χ4n) is 0.808. The van der Waals surface area contributed by atoms with Crippen LogP contribution >= 0.6 is 11.8 Å². The lowest BCUT2D eigenvalue weighted by Crippen LogP contribution is -2.09. The summed E-state index contributed by atoms with van der Waals surface area (Å²) in [6.45, 7) is 4.12. The molecule has 0 unspecified atom stereocenters. The van der Waals surface area contributed by atoms with Crippen LogP contribution in [0.4, 0.5) is 0 Å². The quantitative estimate of drug-likeness (QED) is 0.767. The van der Waals surface area contributed by atoms with E-state index in [1.807, 2.05) is 0 Å². The number of H-pyrrole nitrogens is 1. The maximum absolute atomic E-state index is 10.9. The molecule has 0 atom stereocenters. The summed E-state index contributed by atoms with van der Waals surface area (Å²) in [5, 5.41) is 9.50. The van der Waals surface area contributed by atoms with Gasteiger partial charge in [-0.2, -0.15) is 16.7 Å². The lowest BCUT2D eigenvalue weighted by molar-refractivity contribution is 0.449. The number of nitrogens with one attached hydrogen (secondary N) is 1. The van der Waals surface area contributed by atoms with E-state index in [2.05, 4.69) is 23.8 Å². The number of thioether (sulfide) groups is 1. The smallest absolute Gasteiger partial charge is 0.254 e. The third-order valence-electron chi connectivity index (χ3n) is 1.33. The Bertz CT molecular complexity index is 335. The third-order valence-corrected chi connectivity index (χ3v) is 2.44. The molecule has 0 bridgehead atoms. The fourth-order valence-corrected chi connectivity index (χ4v) is 1.44. The molecule has 0 amide bonds. The number of hydrogen-bond acceptors (Lipinski definition) is 4. The highest BCUT2D eigenvalue weighted by molar-refractivity contribution is 7.99. The maximum Gasteiger partial charge on any atom is 0.254 e. The van der Waals surface area contributed by atoms with E-state index in [0.29, 0.717) is 16.8 Å². The second kappa shape index (κ2) is 4.32. The van der Waals surface area contributed by atoms with Crippen molar-refractivity contribution in [3.05, 3.63) is 22.2 Å². The van der Waals surface area contributed by atoms with E-state index < -0.39 is 0 Å². The topological polar surface area (TPSA) is 66.0 Å². The summed E-state index contributed by atoms with van der Waals surface area (Å²) in [5.74, 6) is 0.910. The van der Waals surface area contributed by atoms with Crippen LogP contribution in [0.3, 0.4) is 0 Å². The van der Waals surface area contributed by atoms with Crippen LogP contribution in [0.5, 0.6) is 5.88 Å². The molecular formula is C8H12N2O2S. The molecule has 1 heterocycles. The SMILES string of the molecule is CC(C)SCc1nc(O)cc(=O)[nH]1. The Morgan fingerprint density at radius 1 is 1.69 bits per heavy atom. The Morgan fingerprint density at radius 3 is 2.92 bits per heavy atom. The Hall–Kier alpha value is -0.970. The summed E-state index contributed by atoms with van der Waals surface area (Å²) in [6.07, 6.45) is 0. The minimum atomic E-state index is -0.313. The molecule has 1 aromatic heterocycles. The first kappa shape index (κ1) is 10.1. The minimum Gasteiger partial charge on any atom is -0.493 e. The van der Waals surface area contributed by atoms with Gasteiger partial charge in [-0.05, 0) is 5.25 Å². The Kier molecular flexibility index (Phi) is 3.36. The van der Waals surface area contributed by atoms with Gasteiger partial charge >= 0.3 is 0 Å². The van der Waals surface area contributed by atoms with Crippen LogP contribution in [0, 0.1) is 0 Å². The normalized spacial score (nSPS) is 10.7. The third kappa shape index (κ3) is 3.50. The zero-order valence-electron chi connectivity index (χ0n) is 7.57. The van der Waals surface area contributed by atoms with Crippen molar-refractivity contribution in [2.24, 2.45) is 0 Å². The van der Waals surface area contributed by atoms with Crippen LogP contribution in [0.1, 0.15) is 19.7 Å². The van der Waals surface area contributed by atoms with E-state index in [1.54, 1.807) is 11.8 Å². The Labute approximate surface area is 80.4 Å². The number of aromatic hydroxyl groups is 1. The van der Waals surface area contributed by atoms with Gasteiger partial charge in [0.25, 0.3) is 5.56 Å². The van der Waals surface area contributed by atoms with E-state index in [1.165, 1.54) is 0 Å². The van der Waals surface area contributed by atoms with Gasteiger partial charge in [0.1, 0.15) is 5.82 Å². The van der Waals surface area contributed by atoms with Crippen molar-refractivity contribution in [1.82, 2.24) is 9.97 Å². The molecule has 0 aliphatic heterocycles. The van der Waals surface area contributed by atoms with Crippen molar-refractivity contribution in [3.63, 3.8) is 0 Å². The predicted molar refractivity (Wildman–Crippen MR) is 53.0 cm³/mol. The molecule has 1 rings (SSSR count). The molecule has 2 N–H and O–H groups in total. The van der Waals surface area contributed by atoms with E-state index in [9.17, 15) is 4.79 Å². The Balaban J connectivity index is 2.72. The molecule has 0 aromatic carbocycles. The highest BCUT2D eigenvalue weighted by atomic mass is 32.2. The summed E-state index contributed by atoms with van der Waals surface area (Å²) in [5.41, 5.74) is -0.313. The van der Waals surface area contributed by atoms with Crippen LogP contribution in [0.2, 0.25) is 0 Å². The maximum atomic E-state index is 10.9. The number of hydrogen-bond donors (Lipinski definition) is 2. The lowest BCUT2D eigenvalue weighted by Gasteiger charge is -2.03. The van der Waals surface area contributed by atoms with Gasteiger partial charge in [0, 0.05) is 0 Å². The van der Waals surface area contributed by atoms with Crippen molar-refractivity contribution in [2.45, 2.75) is 24.9 Å². The van der Waals surface area contributed by atoms with Gasteiger partial charge in [-0.15, -0.1) is 0 Å². The summed E-state index contributed by atoms with van der Waals surface area (Å²) in [6, 6.07) is 1.06. The van der Waals surface area contributed by atoms with E-state index in [4.69, 9.17) is 5.11 Å². The second-order valence-corrected chi connectivity index (χ2v) is 4.47. The first-order valence-corrected chi connectivity index (χ1v) is 5.03. The highest BCUT2D eigenvalue weighted by Crippen LogP contribution is 2.14. The lowest BCUT2D eigenvalue weighted by atomic mass is 10.6. The standard InChI is InChI=1S/C8H12N2O2S/c1-5(2)13-4-6-9-7(11)3-8(12)10-6/h3,5H,4H2,1-2H3,(H2,9,10,11,12). The van der Waals surface area contributed by atoms with E-state index in [-0.39, 0.29) is 11.4 Å². The van der Waals surface area contributed by atoms with Gasteiger partial charge in [0.2, 0.25) is 5.88 Å². The van der Waals surface area contributed by atoms with Crippen LogP contribution in [-0.4, -0.2) is 20.3 Å². The summed E-state index contributed by atoms with van der Waals surface area (Å²) < 4.78 is 0. The van der Waals surface area contributed by atoms with Gasteiger partial charge in [-0.1, -0.05) is 13.8 Å². The predicted octanol–water partition coefficient (Wildman–Crippen LogP) is 1.12. The fraction of sp³-hybridized carbons (Fsp3) is 0.500. The first-order chi connectivity index (χ1) is 6.08. The van der Waals surface area contributed by atoms with Crippen molar-refractivity contribution in [2.75, 3.05) is 0 Å². The zero-order valence-corrected chi connectivity index (χ0v) is 8.39. The first-order valence-electron chi connectivity index (χ1n) is 3.98. The molecular weight excluding hydrogens is 188 g/mol. The molecule has 0 aliphatic carbocycles. The van der Waals surface area contributed by atoms with Crippen LogP contribution in [0.15, 0.2) is 10.9 Å². The monoisotopic (exact) mass is 200 g/mol. The number of rotatable bonds is 3. The molecule has 0 spiro atoms. The molecule has 0 radical (unpaired) electrons. The van der Waals surface area contributed by atoms with E-state index in [0.717, 1.165) is 6.07 Å². The average Bonchev–Trinajstić information content (AvgIpc) is 1.99. The van der Waals surface area contributed by atoms with Crippen LogP contribution in [0.25, 0.3) is 0 Å². The van der Waals surface area contributed by atoms with Crippen molar-refractivity contribution < 1.29 is 5.11 Å².